The number of nitrogens with zero attached hydrogens (tertiary/aromatic N) is 1. The molecule has 1 rings (SSSR count). The number of ether oxygens (including phenoxy) is 2. The van der Waals surface area contributed by atoms with Gasteiger partial charge in [0.05, 0.1) is 19.8 Å². The molecule has 0 aromatic heterocycles. The van der Waals surface area contributed by atoms with Gasteiger partial charge in [-0.15, -0.1) is 0 Å². The van der Waals surface area contributed by atoms with E-state index in [9.17, 15) is 0 Å². The lowest BCUT2D eigenvalue weighted by Gasteiger charge is -2.26. The lowest BCUT2D eigenvalue weighted by molar-refractivity contribution is 0.0368. The Labute approximate surface area is 113 Å². The molecule has 3 nitrogen and oxygen atoms in total. The first-order valence-corrected chi connectivity index (χ1v) is 7.46. The van der Waals surface area contributed by atoms with Gasteiger partial charge in [-0.05, 0) is 24.8 Å². The molecule has 1 saturated heterocycles. The first-order valence-electron chi connectivity index (χ1n) is 7.46. The maximum Gasteiger partial charge on any atom is 0.0594 e. The summed E-state index contributed by atoms with van der Waals surface area (Å²) in [4.78, 5) is 2.51. The molecule has 0 unspecified atom stereocenters. The van der Waals surface area contributed by atoms with Crippen LogP contribution in [0.3, 0.4) is 0 Å². The number of hydrogen-bond donors (Lipinski definition) is 0. The third-order valence-electron chi connectivity index (χ3n) is 3.15. The van der Waals surface area contributed by atoms with Crippen LogP contribution in [-0.4, -0.2) is 51.0 Å². The van der Waals surface area contributed by atoms with Crippen molar-refractivity contribution in [2.75, 3.05) is 46.1 Å². The Balaban J connectivity index is 1.81. The predicted molar refractivity (Wildman–Crippen MR) is 76.0 cm³/mol. The standard InChI is InChI=1S/C15H31NO2/c1-15(2,3)14-18-11-7-5-4-6-8-16-9-12-17-13-10-16/h4-14H2,1-3H3. The van der Waals surface area contributed by atoms with Crippen molar-refractivity contribution >= 4 is 0 Å². The summed E-state index contributed by atoms with van der Waals surface area (Å²) in [6.07, 6.45) is 5.16. The average Bonchev–Trinajstić information content (AvgIpc) is 2.32. The fourth-order valence-electron chi connectivity index (χ4n) is 2.10. The molecule has 0 radical (unpaired) electrons. The molecule has 3 heteroatoms. The lowest BCUT2D eigenvalue weighted by atomic mass is 9.99. The molecule has 108 valence electrons. The van der Waals surface area contributed by atoms with Crippen molar-refractivity contribution in [2.24, 2.45) is 5.41 Å². The molecule has 0 atom stereocenters. The van der Waals surface area contributed by atoms with Crippen LogP contribution in [0.15, 0.2) is 0 Å². The smallest absolute Gasteiger partial charge is 0.0594 e. The van der Waals surface area contributed by atoms with Crippen molar-refractivity contribution < 1.29 is 9.47 Å². The van der Waals surface area contributed by atoms with Crippen LogP contribution in [0.25, 0.3) is 0 Å². The minimum Gasteiger partial charge on any atom is -0.381 e. The maximum absolute atomic E-state index is 5.67. The zero-order valence-electron chi connectivity index (χ0n) is 12.5. The fourth-order valence-corrected chi connectivity index (χ4v) is 2.10. The normalized spacial score (nSPS) is 18.2. The minimum absolute atomic E-state index is 0.302. The van der Waals surface area contributed by atoms with E-state index in [2.05, 4.69) is 25.7 Å². The van der Waals surface area contributed by atoms with Crippen molar-refractivity contribution in [1.29, 1.82) is 0 Å². The van der Waals surface area contributed by atoms with Crippen molar-refractivity contribution in [3.63, 3.8) is 0 Å². The Morgan fingerprint density at radius 2 is 1.67 bits per heavy atom. The highest BCUT2D eigenvalue weighted by Crippen LogP contribution is 2.13. The molecule has 0 N–H and O–H groups in total. The average molecular weight is 257 g/mol. The number of morpholine rings is 1. The van der Waals surface area contributed by atoms with E-state index in [1.165, 1.54) is 32.2 Å². The van der Waals surface area contributed by atoms with Gasteiger partial charge >= 0.3 is 0 Å². The molecule has 1 heterocycles. The molecule has 0 saturated carbocycles. The van der Waals surface area contributed by atoms with Gasteiger partial charge in [0.1, 0.15) is 0 Å². The molecule has 1 aliphatic rings. The molecule has 0 spiro atoms. The molecule has 1 fully saturated rings. The van der Waals surface area contributed by atoms with Crippen LogP contribution in [0, 0.1) is 5.41 Å². The number of unbranched alkanes of at least 4 members (excludes halogenated alkanes) is 3. The van der Waals surface area contributed by atoms with Crippen molar-refractivity contribution in [2.45, 2.75) is 46.5 Å². The van der Waals surface area contributed by atoms with Crippen LogP contribution < -0.4 is 0 Å². The lowest BCUT2D eigenvalue weighted by Crippen LogP contribution is -2.36. The second-order valence-electron chi connectivity index (χ2n) is 6.48. The number of hydrogen-bond acceptors (Lipinski definition) is 3. The zero-order valence-corrected chi connectivity index (χ0v) is 12.5. The number of rotatable bonds is 8. The highest BCUT2D eigenvalue weighted by atomic mass is 16.5. The van der Waals surface area contributed by atoms with Gasteiger partial charge in [-0.25, -0.2) is 0 Å². The summed E-state index contributed by atoms with van der Waals surface area (Å²) in [6, 6.07) is 0. The molecule has 18 heavy (non-hydrogen) atoms. The van der Waals surface area contributed by atoms with E-state index in [-0.39, 0.29) is 0 Å². The van der Waals surface area contributed by atoms with Crippen molar-refractivity contribution in [3.05, 3.63) is 0 Å². The summed E-state index contributed by atoms with van der Waals surface area (Å²) in [5.74, 6) is 0. The fraction of sp³-hybridized carbons (Fsp3) is 1.00. The maximum atomic E-state index is 5.67. The first kappa shape index (κ1) is 15.9. The zero-order chi connectivity index (χ0) is 13.3. The minimum atomic E-state index is 0.302. The summed E-state index contributed by atoms with van der Waals surface area (Å²) in [5.41, 5.74) is 0.302. The van der Waals surface area contributed by atoms with E-state index < -0.39 is 0 Å². The van der Waals surface area contributed by atoms with Gasteiger partial charge < -0.3 is 9.47 Å². The Kier molecular flexibility index (Phi) is 7.87. The van der Waals surface area contributed by atoms with Gasteiger partial charge in [-0.1, -0.05) is 33.6 Å². The quantitative estimate of drug-likeness (QED) is 0.624. The molecule has 0 aromatic carbocycles. The Morgan fingerprint density at radius 1 is 1.00 bits per heavy atom. The molecule has 0 amide bonds. The predicted octanol–water partition coefficient (Wildman–Crippen LogP) is 2.94. The van der Waals surface area contributed by atoms with Crippen LogP contribution in [-0.2, 0) is 9.47 Å². The molecular weight excluding hydrogens is 226 g/mol. The summed E-state index contributed by atoms with van der Waals surface area (Å²) in [7, 11) is 0. The van der Waals surface area contributed by atoms with Crippen LogP contribution in [0.4, 0.5) is 0 Å². The second-order valence-corrected chi connectivity index (χ2v) is 6.48. The molecule has 0 aliphatic carbocycles. The summed E-state index contributed by atoms with van der Waals surface area (Å²) < 4.78 is 11.0. The van der Waals surface area contributed by atoms with Crippen LogP contribution >= 0.6 is 0 Å². The van der Waals surface area contributed by atoms with E-state index in [0.717, 1.165) is 39.5 Å². The van der Waals surface area contributed by atoms with Gasteiger partial charge in [0, 0.05) is 19.7 Å². The third-order valence-corrected chi connectivity index (χ3v) is 3.15. The van der Waals surface area contributed by atoms with Crippen LogP contribution in [0.5, 0.6) is 0 Å². The SMILES string of the molecule is CC(C)(C)COCCCCCCN1CCOCC1. The molecule has 1 aliphatic heterocycles. The van der Waals surface area contributed by atoms with Gasteiger partial charge in [-0.3, -0.25) is 4.90 Å². The van der Waals surface area contributed by atoms with Crippen LogP contribution in [0.2, 0.25) is 0 Å². The Hall–Kier alpha value is -0.120. The second kappa shape index (κ2) is 8.89. The topological polar surface area (TPSA) is 21.7 Å². The first-order chi connectivity index (χ1) is 8.58. The van der Waals surface area contributed by atoms with E-state index in [1.54, 1.807) is 0 Å². The molecule has 0 aromatic rings. The van der Waals surface area contributed by atoms with Crippen molar-refractivity contribution in [1.82, 2.24) is 4.90 Å². The summed E-state index contributed by atoms with van der Waals surface area (Å²) >= 11 is 0. The highest BCUT2D eigenvalue weighted by molar-refractivity contribution is 4.62. The monoisotopic (exact) mass is 257 g/mol. The summed E-state index contributed by atoms with van der Waals surface area (Å²) in [6.45, 7) is 13.8. The van der Waals surface area contributed by atoms with Gasteiger partial charge in [-0.2, -0.15) is 0 Å². The van der Waals surface area contributed by atoms with E-state index in [4.69, 9.17) is 9.47 Å². The molecular formula is C15H31NO2. The van der Waals surface area contributed by atoms with Gasteiger partial charge in [0.2, 0.25) is 0 Å². The summed E-state index contributed by atoms with van der Waals surface area (Å²) in [5, 5.41) is 0. The van der Waals surface area contributed by atoms with Crippen LogP contribution in [0.1, 0.15) is 46.5 Å². The third kappa shape index (κ3) is 8.90. The van der Waals surface area contributed by atoms with E-state index in [1.807, 2.05) is 0 Å². The van der Waals surface area contributed by atoms with Gasteiger partial charge in [0.25, 0.3) is 0 Å². The Morgan fingerprint density at radius 3 is 2.33 bits per heavy atom. The molecule has 0 bridgehead atoms. The van der Waals surface area contributed by atoms with Gasteiger partial charge in [0.15, 0.2) is 0 Å². The van der Waals surface area contributed by atoms with E-state index in [0.29, 0.717) is 5.41 Å². The van der Waals surface area contributed by atoms with E-state index >= 15 is 0 Å². The Bertz CT molecular complexity index is 195. The van der Waals surface area contributed by atoms with Crippen molar-refractivity contribution in [3.8, 4) is 0 Å². The largest absolute Gasteiger partial charge is 0.381 e. The highest BCUT2D eigenvalue weighted by Gasteiger charge is 2.10.